The van der Waals surface area contributed by atoms with Crippen LogP contribution in [0.25, 0.3) is 0 Å². The third-order valence-electron chi connectivity index (χ3n) is 4.69. The van der Waals surface area contributed by atoms with Crippen molar-refractivity contribution in [2.24, 2.45) is 4.99 Å². The van der Waals surface area contributed by atoms with Gasteiger partial charge < -0.3 is 15.4 Å². The summed E-state index contributed by atoms with van der Waals surface area (Å²) >= 11 is 6.12. The molecule has 1 aromatic carbocycles. The molecule has 1 aliphatic rings. The van der Waals surface area contributed by atoms with Crippen molar-refractivity contribution in [3.05, 3.63) is 34.9 Å². The zero-order chi connectivity index (χ0) is 18.1. The Bertz CT molecular complexity index is 606. The lowest BCUT2D eigenvalue weighted by atomic mass is 9.96. The number of carbonyl (C=O) groups excluding carboxylic acids is 1. The first-order chi connectivity index (χ1) is 12.1. The molecule has 1 fully saturated rings. The van der Waals surface area contributed by atoms with Crippen LogP contribution in [-0.2, 0) is 14.9 Å². The highest BCUT2D eigenvalue weighted by Crippen LogP contribution is 2.48. The number of nitrogens with one attached hydrogen (secondary N) is 2. The topological polar surface area (TPSA) is 62.7 Å². The monoisotopic (exact) mass is 493 g/mol. The predicted molar refractivity (Wildman–Crippen MR) is 118 cm³/mol. The third-order valence-corrected chi connectivity index (χ3v) is 4.92. The van der Waals surface area contributed by atoms with Crippen LogP contribution in [0.15, 0.2) is 29.3 Å². The molecule has 0 radical (unpaired) electrons. The number of hydrogen-bond acceptors (Lipinski definition) is 3. The molecule has 146 valence electrons. The van der Waals surface area contributed by atoms with E-state index in [1.807, 2.05) is 12.1 Å². The fraction of sp³-hybridized carbons (Fsp3) is 0.579. The van der Waals surface area contributed by atoms with Gasteiger partial charge in [0.05, 0.1) is 7.11 Å². The third kappa shape index (κ3) is 7.31. The largest absolute Gasteiger partial charge is 0.469 e. The highest BCUT2D eigenvalue weighted by atomic mass is 127. The number of esters is 1. The van der Waals surface area contributed by atoms with Crippen LogP contribution in [0.3, 0.4) is 0 Å². The van der Waals surface area contributed by atoms with Crippen molar-refractivity contribution in [2.75, 3.05) is 27.2 Å². The number of carbonyl (C=O) groups is 1. The average Bonchev–Trinajstić information content (AvgIpc) is 3.41. The second-order valence-corrected chi connectivity index (χ2v) is 6.97. The Morgan fingerprint density at radius 3 is 2.65 bits per heavy atom. The summed E-state index contributed by atoms with van der Waals surface area (Å²) < 4.78 is 4.63. The second-order valence-electron chi connectivity index (χ2n) is 6.53. The van der Waals surface area contributed by atoms with Crippen LogP contribution in [0, 0.1) is 0 Å². The maximum Gasteiger partial charge on any atom is 0.305 e. The van der Waals surface area contributed by atoms with Crippen LogP contribution in [0.2, 0.25) is 5.02 Å². The molecule has 0 aromatic heterocycles. The van der Waals surface area contributed by atoms with Crippen molar-refractivity contribution in [1.29, 1.82) is 0 Å². The molecule has 26 heavy (non-hydrogen) atoms. The van der Waals surface area contributed by atoms with E-state index in [0.29, 0.717) is 6.42 Å². The zero-order valence-corrected chi connectivity index (χ0v) is 18.6. The van der Waals surface area contributed by atoms with Gasteiger partial charge in [-0.25, -0.2) is 0 Å². The van der Waals surface area contributed by atoms with Gasteiger partial charge in [0, 0.05) is 37.0 Å². The number of hydrogen-bond donors (Lipinski definition) is 2. The zero-order valence-electron chi connectivity index (χ0n) is 15.5. The smallest absolute Gasteiger partial charge is 0.305 e. The molecule has 0 amide bonds. The van der Waals surface area contributed by atoms with Gasteiger partial charge in [-0.15, -0.1) is 24.0 Å². The van der Waals surface area contributed by atoms with E-state index in [1.165, 1.54) is 25.5 Å². The summed E-state index contributed by atoms with van der Waals surface area (Å²) in [6, 6.07) is 8.14. The van der Waals surface area contributed by atoms with Gasteiger partial charge in [-0.05, 0) is 43.4 Å². The Morgan fingerprint density at radius 2 is 2.04 bits per heavy atom. The summed E-state index contributed by atoms with van der Waals surface area (Å²) in [5.41, 5.74) is 1.48. The first-order valence-electron chi connectivity index (χ1n) is 8.87. The van der Waals surface area contributed by atoms with E-state index in [-0.39, 0.29) is 35.4 Å². The Morgan fingerprint density at radius 1 is 1.27 bits per heavy atom. The predicted octanol–water partition coefficient (Wildman–Crippen LogP) is 3.89. The van der Waals surface area contributed by atoms with Gasteiger partial charge >= 0.3 is 5.97 Å². The first-order valence-corrected chi connectivity index (χ1v) is 9.25. The van der Waals surface area contributed by atoms with Crippen LogP contribution in [0.4, 0.5) is 0 Å². The van der Waals surface area contributed by atoms with E-state index in [1.54, 1.807) is 7.05 Å². The summed E-state index contributed by atoms with van der Waals surface area (Å²) in [6.07, 6.45) is 5.68. The van der Waals surface area contributed by atoms with Gasteiger partial charge in [-0.2, -0.15) is 0 Å². The Balaban J connectivity index is 0.00000338. The number of aliphatic imine (C=N–C) groups is 1. The molecule has 7 heteroatoms. The van der Waals surface area contributed by atoms with Crippen LogP contribution < -0.4 is 10.6 Å². The van der Waals surface area contributed by atoms with Gasteiger partial charge in [0.15, 0.2) is 5.96 Å². The molecule has 5 nitrogen and oxygen atoms in total. The number of benzene rings is 1. The van der Waals surface area contributed by atoms with Gasteiger partial charge in [-0.3, -0.25) is 9.79 Å². The lowest BCUT2D eigenvalue weighted by Gasteiger charge is -2.19. The molecule has 1 aromatic rings. The van der Waals surface area contributed by atoms with Crippen molar-refractivity contribution in [3.63, 3.8) is 0 Å². The summed E-state index contributed by atoms with van der Waals surface area (Å²) in [5.74, 6) is 0.683. The molecular weight excluding hydrogens is 465 g/mol. The molecule has 0 aliphatic heterocycles. The first kappa shape index (κ1) is 23.0. The number of halogens is 2. The Labute approximate surface area is 178 Å². The molecule has 2 N–H and O–H groups in total. The summed E-state index contributed by atoms with van der Waals surface area (Å²) in [7, 11) is 3.21. The van der Waals surface area contributed by atoms with Gasteiger partial charge in [0.1, 0.15) is 0 Å². The molecule has 0 atom stereocenters. The Hall–Kier alpha value is -1.02. The molecule has 0 unspecified atom stereocenters. The molecule has 0 heterocycles. The number of nitrogens with zero attached hydrogens (tertiary/aromatic N) is 1. The summed E-state index contributed by atoms with van der Waals surface area (Å²) in [4.78, 5) is 15.3. The SMILES string of the molecule is CN=C(NCCCCCC(=O)OC)NCC1(c2cccc(Cl)c2)CC1.I. The quantitative estimate of drug-likeness (QED) is 0.180. The van der Waals surface area contributed by atoms with E-state index in [9.17, 15) is 4.79 Å². The van der Waals surface area contributed by atoms with E-state index in [0.717, 1.165) is 43.3 Å². The lowest BCUT2D eigenvalue weighted by Crippen LogP contribution is -2.41. The van der Waals surface area contributed by atoms with Crippen molar-refractivity contribution < 1.29 is 9.53 Å². The fourth-order valence-corrected chi connectivity index (χ4v) is 3.08. The molecular formula is C19H29ClIN3O2. The van der Waals surface area contributed by atoms with E-state index in [2.05, 4.69) is 32.5 Å². The minimum atomic E-state index is -0.138. The fourth-order valence-electron chi connectivity index (χ4n) is 2.89. The van der Waals surface area contributed by atoms with Crippen LogP contribution in [0.5, 0.6) is 0 Å². The number of methoxy groups -OCH3 is 1. The van der Waals surface area contributed by atoms with E-state index >= 15 is 0 Å². The van der Waals surface area contributed by atoms with E-state index < -0.39 is 0 Å². The maximum atomic E-state index is 11.0. The maximum absolute atomic E-state index is 11.0. The summed E-state index contributed by atoms with van der Waals surface area (Å²) in [5, 5.41) is 7.55. The van der Waals surface area contributed by atoms with Gasteiger partial charge in [0.2, 0.25) is 0 Å². The van der Waals surface area contributed by atoms with Crippen LogP contribution >= 0.6 is 35.6 Å². The molecule has 0 spiro atoms. The van der Waals surface area contributed by atoms with E-state index in [4.69, 9.17) is 11.6 Å². The highest BCUT2D eigenvalue weighted by molar-refractivity contribution is 14.0. The van der Waals surface area contributed by atoms with Crippen molar-refractivity contribution in [3.8, 4) is 0 Å². The van der Waals surface area contributed by atoms with Gasteiger partial charge in [-0.1, -0.05) is 30.2 Å². The number of guanidine groups is 1. The van der Waals surface area contributed by atoms with Crippen LogP contribution in [-0.4, -0.2) is 39.2 Å². The normalized spacial score (nSPS) is 15.0. The molecule has 1 aliphatic carbocycles. The lowest BCUT2D eigenvalue weighted by molar-refractivity contribution is -0.140. The Kier molecular flexibility index (Phi) is 10.3. The molecule has 0 saturated heterocycles. The average molecular weight is 494 g/mol. The number of rotatable bonds is 9. The number of ether oxygens (including phenoxy) is 1. The molecule has 1 saturated carbocycles. The van der Waals surface area contributed by atoms with Crippen molar-refractivity contribution in [1.82, 2.24) is 10.6 Å². The minimum Gasteiger partial charge on any atom is -0.469 e. The van der Waals surface area contributed by atoms with Gasteiger partial charge in [0.25, 0.3) is 0 Å². The molecule has 0 bridgehead atoms. The highest BCUT2D eigenvalue weighted by Gasteiger charge is 2.44. The second kappa shape index (κ2) is 11.6. The van der Waals surface area contributed by atoms with Crippen LogP contribution in [0.1, 0.15) is 44.1 Å². The molecule has 2 rings (SSSR count). The van der Waals surface area contributed by atoms with Crippen molar-refractivity contribution in [2.45, 2.75) is 43.9 Å². The minimum absolute atomic E-state index is 0. The standard InChI is InChI=1S/C19H28ClN3O2.HI/c1-21-18(22-12-5-3-4-9-17(24)25-2)23-14-19(10-11-19)15-7-6-8-16(20)13-15;/h6-8,13H,3-5,9-12,14H2,1-2H3,(H2,21,22,23);1H. The number of unbranched alkanes of at least 4 members (excludes halogenated alkanes) is 2. The van der Waals surface area contributed by atoms with Crippen molar-refractivity contribution >= 4 is 47.5 Å². The summed E-state index contributed by atoms with van der Waals surface area (Å²) in [6.45, 7) is 1.69.